The smallest absolute Gasteiger partial charge is 0.266 e. The molecule has 1 N–H and O–H groups in total. The van der Waals surface area contributed by atoms with Crippen molar-refractivity contribution in [2.75, 3.05) is 39.4 Å². The summed E-state index contributed by atoms with van der Waals surface area (Å²) >= 11 is 5.90. The number of morpholine rings is 1. The summed E-state index contributed by atoms with van der Waals surface area (Å²) < 4.78 is 6.62. The number of carbonyl (C=O) groups is 1. The number of amides is 1. The van der Waals surface area contributed by atoms with E-state index in [1.54, 1.807) is 18.2 Å². The highest BCUT2D eigenvalue weighted by atomic mass is 35.5. The minimum absolute atomic E-state index is 0.0890. The molecule has 1 aromatic carbocycles. The average molecular weight is 391 g/mol. The summed E-state index contributed by atoms with van der Waals surface area (Å²) in [6, 6.07) is 10.4. The van der Waals surface area contributed by atoms with E-state index in [4.69, 9.17) is 16.3 Å². The first kappa shape index (κ1) is 19.5. The van der Waals surface area contributed by atoms with Crippen molar-refractivity contribution in [2.24, 2.45) is 0 Å². The van der Waals surface area contributed by atoms with Crippen LogP contribution < -0.4 is 10.9 Å². The van der Waals surface area contributed by atoms with Gasteiger partial charge < -0.3 is 10.1 Å². The maximum atomic E-state index is 12.0. The number of hydrogen-bond donors (Lipinski definition) is 1. The number of aromatic nitrogens is 2. The molecule has 0 bridgehead atoms. The van der Waals surface area contributed by atoms with Gasteiger partial charge in [-0.2, -0.15) is 5.10 Å². The second kappa shape index (κ2) is 9.64. The Labute approximate surface area is 162 Å². The lowest BCUT2D eigenvalue weighted by Crippen LogP contribution is -2.41. The number of halogens is 1. The minimum Gasteiger partial charge on any atom is -0.379 e. The first-order chi connectivity index (χ1) is 13.1. The van der Waals surface area contributed by atoms with E-state index in [1.165, 1.54) is 10.7 Å². The van der Waals surface area contributed by atoms with Gasteiger partial charge in [-0.25, -0.2) is 4.68 Å². The Morgan fingerprint density at radius 1 is 1.11 bits per heavy atom. The van der Waals surface area contributed by atoms with E-state index in [-0.39, 0.29) is 24.4 Å². The van der Waals surface area contributed by atoms with Crippen LogP contribution in [0.25, 0.3) is 11.3 Å². The van der Waals surface area contributed by atoms with Gasteiger partial charge in [0.2, 0.25) is 5.91 Å². The van der Waals surface area contributed by atoms with Gasteiger partial charge in [0.15, 0.2) is 0 Å². The maximum Gasteiger partial charge on any atom is 0.266 e. The van der Waals surface area contributed by atoms with Crippen LogP contribution >= 0.6 is 11.6 Å². The molecule has 2 aromatic rings. The number of nitrogens with one attached hydrogen (secondary N) is 1. The Hall–Kier alpha value is -2.22. The lowest BCUT2D eigenvalue weighted by molar-refractivity contribution is -0.121. The number of carbonyl (C=O) groups excluding carboxylic acids is 1. The molecule has 0 atom stereocenters. The van der Waals surface area contributed by atoms with Crippen molar-refractivity contribution in [1.82, 2.24) is 20.0 Å². The molecule has 0 spiro atoms. The Morgan fingerprint density at radius 2 is 1.85 bits per heavy atom. The topological polar surface area (TPSA) is 76.5 Å². The van der Waals surface area contributed by atoms with E-state index in [0.717, 1.165) is 38.4 Å². The lowest BCUT2D eigenvalue weighted by Gasteiger charge is -2.26. The Morgan fingerprint density at radius 3 is 2.59 bits per heavy atom. The average Bonchev–Trinajstić information content (AvgIpc) is 2.69. The van der Waals surface area contributed by atoms with Gasteiger partial charge in [-0.05, 0) is 18.2 Å². The van der Waals surface area contributed by atoms with Crippen LogP contribution in [-0.4, -0.2) is 60.0 Å². The molecule has 2 heterocycles. The fraction of sp³-hybridized carbons (Fsp3) is 0.421. The number of rotatable bonds is 7. The predicted molar refractivity (Wildman–Crippen MR) is 104 cm³/mol. The van der Waals surface area contributed by atoms with Crippen molar-refractivity contribution >= 4 is 17.5 Å². The highest BCUT2D eigenvalue weighted by Crippen LogP contribution is 2.18. The molecule has 1 aromatic heterocycles. The van der Waals surface area contributed by atoms with Gasteiger partial charge in [-0.3, -0.25) is 14.5 Å². The van der Waals surface area contributed by atoms with Gasteiger partial charge in [0.25, 0.3) is 5.56 Å². The summed E-state index contributed by atoms with van der Waals surface area (Å²) in [6.45, 7) is 4.91. The zero-order valence-electron chi connectivity index (χ0n) is 15.1. The van der Waals surface area contributed by atoms with Gasteiger partial charge in [0.05, 0.1) is 25.5 Å². The summed E-state index contributed by atoms with van der Waals surface area (Å²) in [4.78, 5) is 26.3. The van der Waals surface area contributed by atoms with Crippen LogP contribution in [-0.2, 0) is 16.1 Å². The lowest BCUT2D eigenvalue weighted by atomic mass is 10.1. The van der Waals surface area contributed by atoms with Crippen molar-refractivity contribution in [2.45, 2.75) is 13.0 Å². The zero-order valence-corrected chi connectivity index (χ0v) is 15.8. The summed E-state index contributed by atoms with van der Waals surface area (Å²) in [6.07, 6.45) is 0.208. The fourth-order valence-corrected chi connectivity index (χ4v) is 2.98. The van der Waals surface area contributed by atoms with Crippen molar-refractivity contribution in [3.05, 3.63) is 51.8 Å². The second-order valence-corrected chi connectivity index (χ2v) is 6.78. The molecule has 0 radical (unpaired) electrons. The molecule has 8 heteroatoms. The summed E-state index contributed by atoms with van der Waals surface area (Å²) in [5.41, 5.74) is 1.30. The van der Waals surface area contributed by atoms with Crippen LogP contribution in [0.1, 0.15) is 6.42 Å². The molecule has 1 fully saturated rings. The molecule has 0 saturated carbocycles. The Balaban J connectivity index is 1.51. The van der Waals surface area contributed by atoms with Crippen LogP contribution in [0.3, 0.4) is 0 Å². The number of hydrogen-bond acceptors (Lipinski definition) is 5. The second-order valence-electron chi connectivity index (χ2n) is 6.34. The Bertz CT molecular complexity index is 816. The molecule has 27 heavy (non-hydrogen) atoms. The maximum absolute atomic E-state index is 12.0. The van der Waals surface area contributed by atoms with Crippen molar-refractivity contribution < 1.29 is 9.53 Å². The highest BCUT2D eigenvalue weighted by molar-refractivity contribution is 6.30. The molecule has 1 aliphatic heterocycles. The van der Waals surface area contributed by atoms with Crippen LogP contribution in [0.5, 0.6) is 0 Å². The molecule has 3 rings (SSSR count). The van der Waals surface area contributed by atoms with E-state index >= 15 is 0 Å². The number of aryl methyl sites for hydroxylation is 1. The van der Waals surface area contributed by atoms with Crippen LogP contribution in [0.2, 0.25) is 5.02 Å². The predicted octanol–water partition coefficient (Wildman–Crippen LogP) is 1.40. The molecule has 1 amide bonds. The third-order valence-electron chi connectivity index (χ3n) is 4.41. The molecular formula is C19H23ClN4O3. The van der Waals surface area contributed by atoms with Crippen LogP contribution in [0.15, 0.2) is 41.2 Å². The van der Waals surface area contributed by atoms with Crippen LogP contribution in [0, 0.1) is 0 Å². The minimum atomic E-state index is -0.228. The number of ether oxygens (including phenoxy) is 1. The third kappa shape index (κ3) is 5.89. The first-order valence-corrected chi connectivity index (χ1v) is 9.40. The molecule has 1 saturated heterocycles. The van der Waals surface area contributed by atoms with E-state index < -0.39 is 0 Å². The van der Waals surface area contributed by atoms with E-state index in [0.29, 0.717) is 17.3 Å². The summed E-state index contributed by atoms with van der Waals surface area (Å²) in [5, 5.41) is 7.89. The van der Waals surface area contributed by atoms with Crippen molar-refractivity contribution in [1.29, 1.82) is 0 Å². The fourth-order valence-electron chi connectivity index (χ4n) is 2.86. The number of nitrogens with zero attached hydrogens (tertiary/aromatic N) is 3. The van der Waals surface area contributed by atoms with E-state index in [2.05, 4.69) is 15.3 Å². The van der Waals surface area contributed by atoms with Crippen LogP contribution in [0.4, 0.5) is 0 Å². The quantitative estimate of drug-likeness (QED) is 0.773. The number of benzene rings is 1. The molecule has 0 unspecified atom stereocenters. The zero-order chi connectivity index (χ0) is 19.1. The van der Waals surface area contributed by atoms with Gasteiger partial charge >= 0.3 is 0 Å². The molecule has 0 aliphatic carbocycles. The molecule has 144 valence electrons. The SMILES string of the molecule is O=C(CCn1nc(-c2ccc(Cl)cc2)ccc1=O)NCCN1CCOCC1. The standard InChI is InChI=1S/C19H23ClN4O3/c20-16-3-1-15(2-4-16)17-5-6-19(26)24(22-17)9-7-18(25)21-8-10-23-11-13-27-14-12-23/h1-6H,7-14H2,(H,21,25). The molecule has 1 aliphatic rings. The monoisotopic (exact) mass is 390 g/mol. The Kier molecular flexibility index (Phi) is 6.98. The summed E-state index contributed by atoms with van der Waals surface area (Å²) in [5.74, 6) is -0.0890. The van der Waals surface area contributed by atoms with Gasteiger partial charge in [0.1, 0.15) is 0 Å². The van der Waals surface area contributed by atoms with E-state index in [9.17, 15) is 9.59 Å². The van der Waals surface area contributed by atoms with Crippen molar-refractivity contribution in [3.8, 4) is 11.3 Å². The highest BCUT2D eigenvalue weighted by Gasteiger charge is 2.11. The van der Waals surface area contributed by atoms with Gasteiger partial charge in [-0.1, -0.05) is 23.7 Å². The summed E-state index contributed by atoms with van der Waals surface area (Å²) in [7, 11) is 0. The van der Waals surface area contributed by atoms with E-state index in [1.807, 2.05) is 12.1 Å². The van der Waals surface area contributed by atoms with Gasteiger partial charge in [0, 0.05) is 49.3 Å². The third-order valence-corrected chi connectivity index (χ3v) is 4.66. The normalized spacial score (nSPS) is 14.9. The van der Waals surface area contributed by atoms with Gasteiger partial charge in [-0.15, -0.1) is 0 Å². The molecular weight excluding hydrogens is 368 g/mol. The molecule has 7 nitrogen and oxygen atoms in total. The van der Waals surface area contributed by atoms with Crippen molar-refractivity contribution in [3.63, 3.8) is 0 Å². The largest absolute Gasteiger partial charge is 0.379 e. The first-order valence-electron chi connectivity index (χ1n) is 9.03.